The quantitative estimate of drug-likeness (QED) is 0.0243. The van der Waals surface area contributed by atoms with Crippen LogP contribution in [0.3, 0.4) is 0 Å². The van der Waals surface area contributed by atoms with Crippen LogP contribution in [-0.4, -0.2) is 73.4 Å². The van der Waals surface area contributed by atoms with E-state index in [1.807, 2.05) is 27.2 Å². The smallest absolute Gasteiger partial charge is 0.387 e. The van der Waals surface area contributed by atoms with Crippen LogP contribution in [0.25, 0.3) is 0 Å². The number of quaternary nitrogens is 1. The van der Waals surface area contributed by atoms with Crippen LogP contribution in [0.1, 0.15) is 328 Å². The van der Waals surface area contributed by atoms with E-state index in [1.165, 1.54) is 212 Å². The summed E-state index contributed by atoms with van der Waals surface area (Å²) < 4.78 is 23.8. The van der Waals surface area contributed by atoms with Crippen molar-refractivity contribution >= 4 is 13.7 Å². The van der Waals surface area contributed by atoms with E-state index in [9.17, 15) is 19.4 Å². The summed E-state index contributed by atoms with van der Waals surface area (Å²) in [4.78, 5) is 23.5. The third kappa shape index (κ3) is 72.2. The van der Waals surface area contributed by atoms with E-state index in [1.54, 1.807) is 6.08 Å². The minimum Gasteiger partial charge on any atom is -0.387 e. The fraction of sp³-hybridized carbons (Fsp3) is 0.738. The zero-order valence-corrected chi connectivity index (χ0v) is 59.8. The number of hydrogen-bond donors (Lipinski definition) is 3. The average molecular weight is 1260 g/mol. The Labute approximate surface area is 552 Å². The first-order valence-electron chi connectivity index (χ1n) is 37.4. The van der Waals surface area contributed by atoms with E-state index >= 15 is 0 Å². The third-order valence-corrected chi connectivity index (χ3v) is 17.4. The molecule has 0 aliphatic carbocycles. The molecule has 0 saturated carbocycles. The Bertz CT molecular complexity index is 1870. The molecule has 9 heteroatoms. The Morgan fingerprint density at radius 3 is 0.989 bits per heavy atom. The van der Waals surface area contributed by atoms with E-state index in [0.717, 1.165) is 96.3 Å². The van der Waals surface area contributed by atoms with Crippen LogP contribution in [0.5, 0.6) is 0 Å². The number of amides is 1. The van der Waals surface area contributed by atoms with Crippen LogP contribution in [0, 0.1) is 0 Å². The molecule has 0 aromatic rings. The Morgan fingerprint density at radius 2 is 0.674 bits per heavy atom. The largest absolute Gasteiger partial charge is 0.472 e. The molecule has 3 N–H and O–H groups in total. The average Bonchev–Trinajstić information content (AvgIpc) is 3.61. The summed E-state index contributed by atoms with van der Waals surface area (Å²) in [6, 6.07) is -0.856. The van der Waals surface area contributed by atoms with Crippen LogP contribution >= 0.6 is 7.82 Å². The van der Waals surface area contributed by atoms with Gasteiger partial charge in [0.15, 0.2) is 0 Å². The standard InChI is InChI=1S/C80H143N2O6P/c1-6-8-10-12-14-16-18-20-22-24-26-28-30-32-34-35-36-37-38-39-40-41-42-43-44-45-46-47-48-50-52-54-56-58-60-62-64-66-68-70-72-74-80(84)81-78(77-88-89(85,86)87-76-75-82(3,4)5)79(83)73-71-69-67-65-63-61-59-57-55-53-51-49-33-31-29-27-25-23-21-19-17-15-13-11-9-7-2/h8,10,14,16,20,22,26,28,32,34,36-37,39-40,42-43,45-46,71,73,78-79,83H,6-7,9,11-13,15,17-19,21,23-25,27,29-31,33,35,38,41,44,47-70,72,74-77H2,1-5H3,(H-,81,84,85,86)/p+1/b10-8-,16-14-,22-20-,28-26-,34-32-,37-36-,40-39-,43-42-,46-45-,73-71+. The van der Waals surface area contributed by atoms with Gasteiger partial charge in [0, 0.05) is 6.42 Å². The first-order valence-corrected chi connectivity index (χ1v) is 38.9. The summed E-state index contributed by atoms with van der Waals surface area (Å²) in [6.45, 7) is 4.73. The lowest BCUT2D eigenvalue weighted by Crippen LogP contribution is -2.45. The molecular weight excluding hydrogens is 1120 g/mol. The molecule has 1 amide bonds. The van der Waals surface area contributed by atoms with Crippen LogP contribution in [0.2, 0.25) is 0 Å². The maximum Gasteiger partial charge on any atom is 0.472 e. The van der Waals surface area contributed by atoms with Crippen molar-refractivity contribution in [1.82, 2.24) is 5.32 Å². The van der Waals surface area contributed by atoms with E-state index in [4.69, 9.17) is 9.05 Å². The Kier molecular flexibility index (Phi) is 66.8. The molecule has 0 bridgehead atoms. The monoisotopic (exact) mass is 1260 g/mol. The Balaban J connectivity index is 4.06. The molecule has 0 aliphatic heterocycles. The minimum atomic E-state index is -4.36. The van der Waals surface area contributed by atoms with Gasteiger partial charge in [-0.15, -0.1) is 0 Å². The van der Waals surface area contributed by atoms with E-state index in [2.05, 4.69) is 129 Å². The van der Waals surface area contributed by atoms with Gasteiger partial charge in [-0.3, -0.25) is 13.8 Å². The summed E-state index contributed by atoms with van der Waals surface area (Å²) in [5, 5.41) is 14.0. The Hall–Kier alpha value is -3.10. The molecule has 0 aliphatic rings. The van der Waals surface area contributed by atoms with E-state index < -0.39 is 20.0 Å². The number of phosphoric acid groups is 1. The van der Waals surface area contributed by atoms with Gasteiger partial charge in [-0.1, -0.05) is 354 Å². The molecule has 89 heavy (non-hydrogen) atoms. The summed E-state index contributed by atoms with van der Waals surface area (Å²) in [5.74, 6) is -0.178. The number of unbranched alkanes of at least 4 members (excludes halogenated alkanes) is 37. The van der Waals surface area contributed by atoms with Crippen molar-refractivity contribution < 1.29 is 32.9 Å². The van der Waals surface area contributed by atoms with Crippen LogP contribution in [0.15, 0.2) is 122 Å². The molecule has 0 aromatic carbocycles. The fourth-order valence-corrected chi connectivity index (χ4v) is 11.4. The number of nitrogens with one attached hydrogen (secondary N) is 1. The molecule has 0 saturated heterocycles. The van der Waals surface area contributed by atoms with Crippen molar-refractivity contribution in [2.24, 2.45) is 0 Å². The van der Waals surface area contributed by atoms with Gasteiger partial charge in [0.05, 0.1) is 39.9 Å². The van der Waals surface area contributed by atoms with E-state index in [0.29, 0.717) is 17.4 Å². The Morgan fingerprint density at radius 1 is 0.393 bits per heavy atom. The summed E-state index contributed by atoms with van der Waals surface area (Å²) in [7, 11) is 1.57. The molecule has 0 radical (unpaired) electrons. The molecule has 514 valence electrons. The number of likely N-dealkylation sites (N-methyl/N-ethyl adjacent to an activating group) is 1. The number of aliphatic hydroxyl groups is 1. The van der Waals surface area contributed by atoms with Gasteiger partial charge in [-0.05, 0) is 89.9 Å². The predicted octanol–water partition coefficient (Wildman–Crippen LogP) is 24.4. The maximum absolute atomic E-state index is 13.1. The summed E-state index contributed by atoms with van der Waals surface area (Å²) >= 11 is 0. The summed E-state index contributed by atoms with van der Waals surface area (Å²) in [6.07, 6.45) is 104. The second-order valence-corrected chi connectivity index (χ2v) is 27.7. The van der Waals surface area contributed by atoms with Crippen molar-refractivity contribution in [2.45, 2.75) is 341 Å². The molecule has 3 unspecified atom stereocenters. The van der Waals surface area contributed by atoms with Gasteiger partial charge in [-0.2, -0.15) is 0 Å². The number of carbonyl (C=O) groups excluding carboxylic acids is 1. The zero-order valence-electron chi connectivity index (χ0n) is 58.9. The third-order valence-electron chi connectivity index (χ3n) is 16.4. The first kappa shape index (κ1) is 85.9. The molecule has 3 atom stereocenters. The van der Waals surface area contributed by atoms with Crippen molar-refractivity contribution in [2.75, 3.05) is 40.9 Å². The van der Waals surface area contributed by atoms with Gasteiger partial charge >= 0.3 is 7.82 Å². The molecule has 8 nitrogen and oxygen atoms in total. The van der Waals surface area contributed by atoms with Gasteiger partial charge in [0.25, 0.3) is 0 Å². The minimum absolute atomic E-state index is 0.0578. The highest BCUT2D eigenvalue weighted by atomic mass is 31.2. The van der Waals surface area contributed by atoms with Crippen LogP contribution in [-0.2, 0) is 18.4 Å². The highest BCUT2D eigenvalue weighted by Gasteiger charge is 2.28. The van der Waals surface area contributed by atoms with Crippen molar-refractivity contribution in [1.29, 1.82) is 0 Å². The highest BCUT2D eigenvalue weighted by Crippen LogP contribution is 2.43. The van der Waals surface area contributed by atoms with Crippen molar-refractivity contribution in [3.63, 3.8) is 0 Å². The number of aliphatic hydroxyl groups excluding tert-OH is 1. The SMILES string of the molecule is CC/C=C\C/C=C\C/C=C\C/C=C\C/C=C\C/C=C\C/C=C\C/C=C\C/C=C\CCCCCCCCCCCCCCCC(=O)NC(COP(=O)(O)OCC[N+](C)(C)C)C(O)/C=C/CCCCCCCCCCCCCCCCCCCCCCCCCC. The number of rotatable bonds is 68. The van der Waals surface area contributed by atoms with Gasteiger partial charge in [-0.25, -0.2) is 4.57 Å². The normalized spacial score (nSPS) is 14.3. The lowest BCUT2D eigenvalue weighted by Gasteiger charge is -2.25. The molecule has 0 spiro atoms. The number of carbonyl (C=O) groups is 1. The van der Waals surface area contributed by atoms with E-state index in [-0.39, 0.29) is 19.1 Å². The van der Waals surface area contributed by atoms with Crippen LogP contribution < -0.4 is 5.32 Å². The fourth-order valence-electron chi connectivity index (χ4n) is 10.7. The lowest BCUT2D eigenvalue weighted by molar-refractivity contribution is -0.870. The molecule has 0 fully saturated rings. The molecule has 0 heterocycles. The maximum atomic E-state index is 13.1. The molecular formula is C80H144N2O6P+. The molecule has 0 rings (SSSR count). The lowest BCUT2D eigenvalue weighted by atomic mass is 10.0. The zero-order chi connectivity index (χ0) is 64.8. The number of hydrogen-bond acceptors (Lipinski definition) is 5. The number of allylic oxidation sites excluding steroid dienone is 19. The van der Waals surface area contributed by atoms with Gasteiger partial charge in [0.1, 0.15) is 13.2 Å². The topological polar surface area (TPSA) is 105 Å². The van der Waals surface area contributed by atoms with Crippen molar-refractivity contribution in [3.8, 4) is 0 Å². The second-order valence-electron chi connectivity index (χ2n) is 26.3. The number of phosphoric ester groups is 1. The summed E-state index contributed by atoms with van der Waals surface area (Å²) in [5.41, 5.74) is 0. The second kappa shape index (κ2) is 69.2. The predicted molar refractivity (Wildman–Crippen MR) is 392 cm³/mol. The van der Waals surface area contributed by atoms with Crippen LogP contribution in [0.4, 0.5) is 0 Å². The van der Waals surface area contributed by atoms with Crippen molar-refractivity contribution in [3.05, 3.63) is 122 Å². The van der Waals surface area contributed by atoms with Gasteiger partial charge < -0.3 is 19.8 Å². The highest BCUT2D eigenvalue weighted by molar-refractivity contribution is 7.47. The number of nitrogens with zero attached hydrogens (tertiary/aromatic N) is 1. The molecule has 0 aromatic heterocycles. The van der Waals surface area contributed by atoms with Gasteiger partial charge in [0.2, 0.25) is 5.91 Å². The first-order chi connectivity index (χ1) is 43.5.